The van der Waals surface area contributed by atoms with E-state index in [9.17, 15) is 4.79 Å². The fourth-order valence-corrected chi connectivity index (χ4v) is 1.70. The van der Waals surface area contributed by atoms with E-state index in [1.54, 1.807) is 0 Å². The molecule has 0 aliphatic rings. The Morgan fingerprint density at radius 2 is 1.89 bits per heavy atom. The molecule has 0 saturated heterocycles. The van der Waals surface area contributed by atoms with E-state index in [2.05, 4.69) is 0 Å². The average molecular weight is 267 g/mol. The maximum Gasteiger partial charge on any atom is 0.305 e. The zero-order valence-corrected chi connectivity index (χ0v) is 11.2. The van der Waals surface area contributed by atoms with E-state index >= 15 is 0 Å². The van der Waals surface area contributed by atoms with E-state index in [0.29, 0.717) is 26.3 Å². The molecule has 0 bridgehead atoms. The Balaban J connectivity index is 2.57. The Morgan fingerprint density at radius 1 is 1.21 bits per heavy atom. The Bertz CT molecular complexity index is 378. The number of aliphatic carboxylic acids is 1. The summed E-state index contributed by atoms with van der Waals surface area (Å²) in [4.78, 5) is 12.7. The standard InChI is InChI=1S/C14H21NO4/c1-12-2-4-13(5-3-12)15(7-6-14(17)18)8-10-19-11-9-16/h2-5,16H,6-11H2,1H3,(H,17,18). The molecule has 0 radical (unpaired) electrons. The van der Waals surface area contributed by atoms with Gasteiger partial charge in [-0.05, 0) is 19.1 Å². The molecule has 0 spiro atoms. The minimum Gasteiger partial charge on any atom is -0.481 e. The monoisotopic (exact) mass is 267 g/mol. The van der Waals surface area contributed by atoms with Gasteiger partial charge in [0.2, 0.25) is 0 Å². The number of rotatable bonds is 9. The van der Waals surface area contributed by atoms with E-state index in [1.165, 1.54) is 5.56 Å². The molecular weight excluding hydrogens is 246 g/mol. The second-order valence-electron chi connectivity index (χ2n) is 4.30. The van der Waals surface area contributed by atoms with Gasteiger partial charge in [-0.3, -0.25) is 4.79 Å². The number of carbonyl (C=O) groups is 1. The van der Waals surface area contributed by atoms with E-state index in [0.717, 1.165) is 5.69 Å². The van der Waals surface area contributed by atoms with Crippen molar-refractivity contribution >= 4 is 11.7 Å². The molecule has 0 aliphatic heterocycles. The van der Waals surface area contributed by atoms with Crippen molar-refractivity contribution in [2.24, 2.45) is 0 Å². The molecule has 106 valence electrons. The molecule has 1 rings (SSSR count). The summed E-state index contributed by atoms with van der Waals surface area (Å²) in [7, 11) is 0. The smallest absolute Gasteiger partial charge is 0.305 e. The molecule has 5 nitrogen and oxygen atoms in total. The first-order valence-electron chi connectivity index (χ1n) is 6.35. The van der Waals surface area contributed by atoms with Crippen LogP contribution in [-0.4, -0.2) is 49.1 Å². The van der Waals surface area contributed by atoms with Gasteiger partial charge in [0.1, 0.15) is 0 Å². The number of nitrogens with zero attached hydrogens (tertiary/aromatic N) is 1. The number of carboxylic acid groups (broad SMARTS) is 1. The normalized spacial score (nSPS) is 10.4. The van der Waals surface area contributed by atoms with E-state index in [-0.39, 0.29) is 13.0 Å². The second-order valence-corrected chi connectivity index (χ2v) is 4.30. The van der Waals surface area contributed by atoms with Gasteiger partial charge in [0, 0.05) is 18.8 Å². The highest BCUT2D eigenvalue weighted by atomic mass is 16.5. The topological polar surface area (TPSA) is 70.0 Å². The van der Waals surface area contributed by atoms with Gasteiger partial charge in [-0.1, -0.05) is 17.7 Å². The van der Waals surface area contributed by atoms with E-state index in [1.807, 2.05) is 36.1 Å². The van der Waals surface area contributed by atoms with E-state index in [4.69, 9.17) is 14.9 Å². The minimum atomic E-state index is -0.812. The largest absolute Gasteiger partial charge is 0.481 e. The molecule has 0 fully saturated rings. The quantitative estimate of drug-likeness (QED) is 0.660. The molecule has 0 heterocycles. The molecule has 5 heteroatoms. The first kappa shape index (κ1) is 15.5. The first-order valence-corrected chi connectivity index (χ1v) is 6.35. The molecule has 0 unspecified atom stereocenters. The third-order valence-electron chi connectivity index (χ3n) is 2.74. The summed E-state index contributed by atoms with van der Waals surface area (Å²) in [6.45, 7) is 3.83. The predicted octanol–water partition coefficient (Wildman–Crippen LogP) is 1.29. The van der Waals surface area contributed by atoms with Gasteiger partial charge in [-0.15, -0.1) is 0 Å². The molecule has 0 atom stereocenters. The number of aliphatic hydroxyl groups excluding tert-OH is 1. The van der Waals surface area contributed by atoms with Crippen molar-refractivity contribution in [1.82, 2.24) is 0 Å². The van der Waals surface area contributed by atoms with Crippen LogP contribution in [0.5, 0.6) is 0 Å². The number of anilines is 1. The van der Waals surface area contributed by atoms with Crippen molar-refractivity contribution in [3.8, 4) is 0 Å². The number of carboxylic acids is 1. The lowest BCUT2D eigenvalue weighted by atomic mass is 10.2. The predicted molar refractivity (Wildman–Crippen MR) is 73.5 cm³/mol. The van der Waals surface area contributed by atoms with Crippen LogP contribution in [0.4, 0.5) is 5.69 Å². The summed E-state index contributed by atoms with van der Waals surface area (Å²) in [6, 6.07) is 7.95. The molecule has 1 aromatic carbocycles. The lowest BCUT2D eigenvalue weighted by molar-refractivity contribution is -0.136. The number of aryl methyl sites for hydroxylation is 1. The molecular formula is C14H21NO4. The third kappa shape index (κ3) is 6.22. The molecule has 0 aliphatic carbocycles. The van der Waals surface area contributed by atoms with Gasteiger partial charge in [0.05, 0.1) is 26.2 Å². The Morgan fingerprint density at radius 3 is 2.47 bits per heavy atom. The fraction of sp³-hybridized carbons (Fsp3) is 0.500. The Labute approximate surface area is 113 Å². The minimum absolute atomic E-state index is 0.000340. The highest BCUT2D eigenvalue weighted by Gasteiger charge is 2.08. The van der Waals surface area contributed by atoms with Crippen LogP contribution >= 0.6 is 0 Å². The van der Waals surface area contributed by atoms with Crippen LogP contribution in [0.2, 0.25) is 0 Å². The summed E-state index contributed by atoms with van der Waals surface area (Å²) in [6.07, 6.45) is 0.0911. The van der Waals surface area contributed by atoms with Gasteiger partial charge < -0.3 is 19.8 Å². The molecule has 0 aromatic heterocycles. The first-order chi connectivity index (χ1) is 9.13. The van der Waals surface area contributed by atoms with Crippen molar-refractivity contribution in [3.63, 3.8) is 0 Å². The lowest BCUT2D eigenvalue weighted by Gasteiger charge is -2.24. The summed E-state index contributed by atoms with van der Waals surface area (Å²) >= 11 is 0. The van der Waals surface area contributed by atoms with E-state index < -0.39 is 5.97 Å². The summed E-state index contributed by atoms with van der Waals surface area (Å²) in [5.41, 5.74) is 2.15. The molecule has 0 saturated carbocycles. The van der Waals surface area contributed by atoms with Gasteiger partial charge in [-0.2, -0.15) is 0 Å². The maximum atomic E-state index is 10.7. The SMILES string of the molecule is Cc1ccc(N(CCOCCO)CCC(=O)O)cc1. The fourth-order valence-electron chi connectivity index (χ4n) is 1.70. The summed E-state index contributed by atoms with van der Waals surface area (Å²) < 4.78 is 5.23. The molecule has 1 aromatic rings. The number of hydrogen-bond donors (Lipinski definition) is 2. The third-order valence-corrected chi connectivity index (χ3v) is 2.74. The highest BCUT2D eigenvalue weighted by Crippen LogP contribution is 2.15. The van der Waals surface area contributed by atoms with Gasteiger partial charge >= 0.3 is 5.97 Å². The van der Waals surface area contributed by atoms with Crippen molar-refractivity contribution in [3.05, 3.63) is 29.8 Å². The summed E-state index contributed by atoms with van der Waals surface area (Å²) in [5, 5.41) is 17.4. The van der Waals surface area contributed by atoms with Crippen LogP contribution in [0.15, 0.2) is 24.3 Å². The van der Waals surface area contributed by atoms with Gasteiger partial charge in [0.15, 0.2) is 0 Å². The molecule has 0 amide bonds. The van der Waals surface area contributed by atoms with Crippen LogP contribution in [-0.2, 0) is 9.53 Å². The maximum absolute atomic E-state index is 10.7. The number of hydrogen-bond acceptors (Lipinski definition) is 4. The summed E-state index contributed by atoms with van der Waals surface area (Å²) in [5.74, 6) is -0.812. The Hall–Kier alpha value is -1.59. The van der Waals surface area contributed by atoms with Gasteiger partial charge in [0.25, 0.3) is 0 Å². The van der Waals surface area contributed by atoms with Crippen molar-refractivity contribution in [1.29, 1.82) is 0 Å². The second kappa shape index (κ2) is 8.50. The lowest BCUT2D eigenvalue weighted by Crippen LogP contribution is -2.30. The number of benzene rings is 1. The Kier molecular flexibility index (Phi) is 6.92. The molecule has 2 N–H and O–H groups in total. The zero-order valence-electron chi connectivity index (χ0n) is 11.2. The van der Waals surface area contributed by atoms with Crippen LogP contribution in [0.25, 0.3) is 0 Å². The number of aliphatic hydroxyl groups is 1. The zero-order chi connectivity index (χ0) is 14.1. The van der Waals surface area contributed by atoms with Crippen molar-refractivity contribution in [2.75, 3.05) is 37.8 Å². The molecule has 19 heavy (non-hydrogen) atoms. The van der Waals surface area contributed by atoms with Crippen LogP contribution in [0.1, 0.15) is 12.0 Å². The van der Waals surface area contributed by atoms with Crippen molar-refractivity contribution in [2.45, 2.75) is 13.3 Å². The van der Waals surface area contributed by atoms with Crippen molar-refractivity contribution < 1.29 is 19.7 Å². The van der Waals surface area contributed by atoms with Crippen LogP contribution in [0, 0.1) is 6.92 Å². The van der Waals surface area contributed by atoms with Crippen LogP contribution in [0.3, 0.4) is 0 Å². The number of ether oxygens (including phenoxy) is 1. The average Bonchev–Trinajstić information content (AvgIpc) is 2.39. The highest BCUT2D eigenvalue weighted by molar-refractivity contribution is 5.67. The van der Waals surface area contributed by atoms with Crippen LogP contribution < -0.4 is 4.90 Å². The van der Waals surface area contributed by atoms with Gasteiger partial charge in [-0.25, -0.2) is 0 Å².